The fraction of sp³-hybridized carbons (Fsp3) is 1.00. The lowest BCUT2D eigenvalue weighted by Gasteiger charge is -2.41. The molecule has 0 aromatic heterocycles. The summed E-state index contributed by atoms with van der Waals surface area (Å²) in [5.74, 6) is 0. The van der Waals surface area contributed by atoms with Gasteiger partial charge in [0, 0.05) is 44.3 Å². The monoisotopic (exact) mass is 215 g/mol. The van der Waals surface area contributed by atoms with Crippen LogP contribution in [0.25, 0.3) is 0 Å². The Hall–Kier alpha value is -0.160. The summed E-state index contributed by atoms with van der Waals surface area (Å²) in [4.78, 5) is 4.75. The number of nitrogens with two attached hydrogens (primary N) is 1. The van der Waals surface area contributed by atoms with Crippen molar-refractivity contribution in [2.75, 3.05) is 39.3 Å². The van der Waals surface area contributed by atoms with Crippen LogP contribution < -0.4 is 5.73 Å². The van der Waals surface area contributed by atoms with Crippen LogP contribution >= 0.6 is 0 Å². The van der Waals surface area contributed by atoms with Crippen molar-refractivity contribution < 1.29 is 5.11 Å². The van der Waals surface area contributed by atoms with E-state index in [1.54, 1.807) is 0 Å². The number of nitrogens with zero attached hydrogens (tertiary/aromatic N) is 2. The molecule has 1 rings (SSSR count). The Kier molecular flexibility index (Phi) is 4.52. The van der Waals surface area contributed by atoms with Gasteiger partial charge in [0.2, 0.25) is 0 Å². The van der Waals surface area contributed by atoms with Crippen molar-refractivity contribution in [3.8, 4) is 0 Å². The zero-order chi connectivity index (χ0) is 11.5. The van der Waals surface area contributed by atoms with Gasteiger partial charge in [0.25, 0.3) is 0 Å². The number of piperazine rings is 1. The van der Waals surface area contributed by atoms with E-state index in [0.717, 1.165) is 32.7 Å². The van der Waals surface area contributed by atoms with Gasteiger partial charge in [-0.25, -0.2) is 0 Å². The number of hydrogen-bond acceptors (Lipinski definition) is 4. The van der Waals surface area contributed by atoms with Gasteiger partial charge in [-0.05, 0) is 20.8 Å². The van der Waals surface area contributed by atoms with E-state index >= 15 is 0 Å². The van der Waals surface area contributed by atoms with Gasteiger partial charge in [-0.3, -0.25) is 9.80 Å². The molecule has 0 aromatic rings. The van der Waals surface area contributed by atoms with Crippen molar-refractivity contribution >= 4 is 0 Å². The lowest BCUT2D eigenvalue weighted by Crippen LogP contribution is -2.56. The number of aliphatic hydroxyl groups is 1. The van der Waals surface area contributed by atoms with Crippen LogP contribution in [0.3, 0.4) is 0 Å². The molecule has 1 aliphatic rings. The highest BCUT2D eigenvalue weighted by Gasteiger charge is 2.25. The van der Waals surface area contributed by atoms with Gasteiger partial charge in [0.05, 0.1) is 6.61 Å². The summed E-state index contributed by atoms with van der Waals surface area (Å²) in [7, 11) is 0. The fourth-order valence-corrected chi connectivity index (χ4v) is 2.25. The molecule has 0 aliphatic carbocycles. The average molecular weight is 215 g/mol. The maximum absolute atomic E-state index is 8.91. The summed E-state index contributed by atoms with van der Waals surface area (Å²) < 4.78 is 0. The SMILES string of the molecule is CC1CN(CC(C)(C)N)CCN1CCO. The van der Waals surface area contributed by atoms with Crippen LogP contribution in [0.15, 0.2) is 0 Å². The van der Waals surface area contributed by atoms with Crippen LogP contribution in [0.1, 0.15) is 20.8 Å². The van der Waals surface area contributed by atoms with Gasteiger partial charge in [-0.1, -0.05) is 0 Å². The topological polar surface area (TPSA) is 52.7 Å². The molecule has 1 aliphatic heterocycles. The average Bonchev–Trinajstić information content (AvgIpc) is 2.07. The van der Waals surface area contributed by atoms with E-state index in [-0.39, 0.29) is 12.1 Å². The van der Waals surface area contributed by atoms with Crippen molar-refractivity contribution in [2.45, 2.75) is 32.4 Å². The number of β-amino-alcohol motifs (C(OH)–C–C–N with tert-alkyl or cyclic N) is 1. The van der Waals surface area contributed by atoms with Crippen molar-refractivity contribution in [3.63, 3.8) is 0 Å². The molecule has 0 saturated carbocycles. The fourth-order valence-electron chi connectivity index (χ4n) is 2.25. The van der Waals surface area contributed by atoms with E-state index in [0.29, 0.717) is 6.04 Å². The summed E-state index contributed by atoms with van der Waals surface area (Å²) in [6.45, 7) is 11.5. The predicted octanol–water partition coefficient (Wildman–Crippen LogP) is -0.278. The Morgan fingerprint density at radius 1 is 1.40 bits per heavy atom. The molecule has 0 amide bonds. The molecule has 1 fully saturated rings. The Morgan fingerprint density at radius 3 is 2.53 bits per heavy atom. The molecule has 1 atom stereocenters. The van der Waals surface area contributed by atoms with E-state index in [4.69, 9.17) is 10.8 Å². The second kappa shape index (κ2) is 5.25. The second-order valence-corrected chi connectivity index (χ2v) is 5.33. The molecule has 0 aromatic carbocycles. The highest BCUT2D eigenvalue weighted by molar-refractivity contribution is 4.84. The summed E-state index contributed by atoms with van der Waals surface area (Å²) >= 11 is 0. The Morgan fingerprint density at radius 2 is 2.07 bits per heavy atom. The number of hydrogen-bond donors (Lipinski definition) is 2. The maximum Gasteiger partial charge on any atom is 0.0558 e. The molecule has 0 bridgehead atoms. The van der Waals surface area contributed by atoms with Crippen LogP contribution in [0.2, 0.25) is 0 Å². The molecule has 90 valence electrons. The Labute approximate surface area is 93.0 Å². The van der Waals surface area contributed by atoms with Crippen LogP contribution in [-0.2, 0) is 0 Å². The first-order chi connectivity index (χ1) is 6.92. The second-order valence-electron chi connectivity index (χ2n) is 5.33. The molecule has 0 spiro atoms. The summed E-state index contributed by atoms with van der Waals surface area (Å²) in [6, 6.07) is 0.522. The van der Waals surface area contributed by atoms with Gasteiger partial charge >= 0.3 is 0 Å². The highest BCUT2D eigenvalue weighted by atomic mass is 16.3. The van der Waals surface area contributed by atoms with E-state index in [9.17, 15) is 0 Å². The minimum atomic E-state index is -0.112. The van der Waals surface area contributed by atoms with Crippen LogP contribution in [0, 0.1) is 0 Å². The molecule has 1 unspecified atom stereocenters. The molecular formula is C11H25N3O. The molecule has 15 heavy (non-hydrogen) atoms. The number of aliphatic hydroxyl groups excluding tert-OH is 1. The summed E-state index contributed by atoms with van der Waals surface area (Å²) in [5, 5.41) is 8.91. The van der Waals surface area contributed by atoms with E-state index in [1.807, 2.05) is 0 Å². The minimum absolute atomic E-state index is 0.112. The van der Waals surface area contributed by atoms with Crippen LogP contribution in [-0.4, -0.2) is 65.8 Å². The smallest absolute Gasteiger partial charge is 0.0558 e. The van der Waals surface area contributed by atoms with Gasteiger partial charge in [-0.2, -0.15) is 0 Å². The first kappa shape index (κ1) is 12.9. The third-order valence-electron chi connectivity index (χ3n) is 2.87. The first-order valence-corrected chi connectivity index (χ1v) is 5.78. The molecule has 1 saturated heterocycles. The third kappa shape index (κ3) is 4.47. The van der Waals surface area contributed by atoms with Crippen LogP contribution in [0.5, 0.6) is 0 Å². The lowest BCUT2D eigenvalue weighted by molar-refractivity contribution is 0.0596. The lowest BCUT2D eigenvalue weighted by atomic mass is 10.1. The van der Waals surface area contributed by atoms with Crippen LogP contribution in [0.4, 0.5) is 0 Å². The molecule has 4 heteroatoms. The van der Waals surface area contributed by atoms with Gasteiger partial charge in [-0.15, -0.1) is 0 Å². The standard InChI is InChI=1S/C11H25N3O/c1-10-8-13(9-11(2,3)12)4-5-14(10)6-7-15/h10,15H,4-9,12H2,1-3H3. The minimum Gasteiger partial charge on any atom is -0.395 e. The van der Waals surface area contributed by atoms with E-state index in [2.05, 4.69) is 30.6 Å². The highest BCUT2D eigenvalue weighted by Crippen LogP contribution is 2.11. The van der Waals surface area contributed by atoms with Crippen molar-refractivity contribution in [1.82, 2.24) is 9.80 Å². The first-order valence-electron chi connectivity index (χ1n) is 5.78. The van der Waals surface area contributed by atoms with Gasteiger partial charge in [0.1, 0.15) is 0 Å². The Bertz CT molecular complexity index is 191. The normalized spacial score (nSPS) is 25.8. The van der Waals surface area contributed by atoms with Gasteiger partial charge < -0.3 is 10.8 Å². The summed E-state index contributed by atoms with van der Waals surface area (Å²) in [5.41, 5.74) is 5.90. The van der Waals surface area contributed by atoms with E-state index < -0.39 is 0 Å². The van der Waals surface area contributed by atoms with Gasteiger partial charge in [0.15, 0.2) is 0 Å². The predicted molar refractivity (Wildman–Crippen MR) is 62.8 cm³/mol. The maximum atomic E-state index is 8.91. The zero-order valence-corrected chi connectivity index (χ0v) is 10.2. The third-order valence-corrected chi connectivity index (χ3v) is 2.87. The quantitative estimate of drug-likeness (QED) is 0.677. The molecule has 1 heterocycles. The largest absolute Gasteiger partial charge is 0.395 e. The Balaban J connectivity index is 2.37. The van der Waals surface area contributed by atoms with Crippen molar-refractivity contribution in [3.05, 3.63) is 0 Å². The van der Waals surface area contributed by atoms with Crippen molar-refractivity contribution in [2.24, 2.45) is 5.73 Å². The number of rotatable bonds is 4. The molecular weight excluding hydrogens is 190 g/mol. The van der Waals surface area contributed by atoms with E-state index in [1.165, 1.54) is 0 Å². The molecule has 3 N–H and O–H groups in total. The van der Waals surface area contributed by atoms with Crippen molar-refractivity contribution in [1.29, 1.82) is 0 Å². The molecule has 4 nitrogen and oxygen atoms in total. The zero-order valence-electron chi connectivity index (χ0n) is 10.2. The molecule has 0 radical (unpaired) electrons. The summed E-state index contributed by atoms with van der Waals surface area (Å²) in [6.07, 6.45) is 0.